The second kappa shape index (κ2) is 7.09. The lowest BCUT2D eigenvalue weighted by Crippen LogP contribution is -2.52. The van der Waals surface area contributed by atoms with Crippen molar-refractivity contribution in [1.29, 1.82) is 0 Å². The van der Waals surface area contributed by atoms with E-state index >= 15 is 0 Å². The number of nitrogens with one attached hydrogen (secondary N) is 1. The summed E-state index contributed by atoms with van der Waals surface area (Å²) in [5, 5.41) is 2.71. The molecule has 1 rings (SSSR count). The highest BCUT2D eigenvalue weighted by atomic mass is 19.1. The maximum atomic E-state index is 12.9. The molecule has 0 heterocycles. The third kappa shape index (κ3) is 5.26. The van der Waals surface area contributed by atoms with E-state index in [0.717, 1.165) is 6.42 Å². The van der Waals surface area contributed by atoms with Crippen LogP contribution in [0, 0.1) is 5.82 Å². The van der Waals surface area contributed by atoms with Gasteiger partial charge in [-0.15, -0.1) is 0 Å². The molecule has 106 valence electrons. The predicted octanol–water partition coefficient (Wildman–Crippen LogP) is 1.84. The summed E-state index contributed by atoms with van der Waals surface area (Å²) in [5.41, 5.74) is 5.03. The summed E-state index contributed by atoms with van der Waals surface area (Å²) < 4.78 is 18.2. The van der Waals surface area contributed by atoms with Crippen molar-refractivity contribution in [2.24, 2.45) is 5.73 Å². The van der Waals surface area contributed by atoms with Gasteiger partial charge in [-0.05, 0) is 25.5 Å². The second-order valence-corrected chi connectivity index (χ2v) is 4.73. The van der Waals surface area contributed by atoms with Crippen LogP contribution in [0.5, 0.6) is 5.75 Å². The molecule has 0 fully saturated rings. The van der Waals surface area contributed by atoms with E-state index in [1.54, 1.807) is 19.1 Å². The lowest BCUT2D eigenvalue weighted by Gasteiger charge is -2.22. The zero-order valence-corrected chi connectivity index (χ0v) is 11.4. The Labute approximate surface area is 113 Å². The number of ether oxygens (including phenoxy) is 1. The van der Waals surface area contributed by atoms with Crippen LogP contribution in [0.25, 0.3) is 0 Å². The Morgan fingerprint density at radius 1 is 1.53 bits per heavy atom. The van der Waals surface area contributed by atoms with E-state index in [9.17, 15) is 9.18 Å². The van der Waals surface area contributed by atoms with Crippen molar-refractivity contribution in [3.05, 3.63) is 30.1 Å². The van der Waals surface area contributed by atoms with Crippen molar-refractivity contribution in [1.82, 2.24) is 5.32 Å². The van der Waals surface area contributed by atoms with Crippen molar-refractivity contribution in [3.63, 3.8) is 0 Å². The van der Waals surface area contributed by atoms with Gasteiger partial charge >= 0.3 is 0 Å². The number of hydrogen-bond acceptors (Lipinski definition) is 3. The van der Waals surface area contributed by atoms with Crippen LogP contribution >= 0.6 is 0 Å². The van der Waals surface area contributed by atoms with Crippen LogP contribution in [0.2, 0.25) is 0 Å². The van der Waals surface area contributed by atoms with Gasteiger partial charge in [0.05, 0.1) is 12.1 Å². The molecular weight excluding hydrogens is 247 g/mol. The van der Waals surface area contributed by atoms with Gasteiger partial charge in [0.15, 0.2) is 0 Å². The summed E-state index contributed by atoms with van der Waals surface area (Å²) in [6.07, 6.45) is 1.48. The van der Waals surface area contributed by atoms with Crippen LogP contribution in [-0.4, -0.2) is 24.6 Å². The van der Waals surface area contributed by atoms with E-state index in [-0.39, 0.29) is 18.3 Å². The highest BCUT2D eigenvalue weighted by Crippen LogP contribution is 2.11. The molecule has 0 radical (unpaired) electrons. The number of carbonyl (C=O) groups is 1. The van der Waals surface area contributed by atoms with Crippen molar-refractivity contribution in [2.75, 3.05) is 13.2 Å². The third-order valence-electron chi connectivity index (χ3n) is 2.74. The summed E-state index contributed by atoms with van der Waals surface area (Å²) in [6, 6.07) is 5.88. The molecular formula is C14H21FN2O2. The zero-order valence-electron chi connectivity index (χ0n) is 11.4. The number of halogens is 1. The molecule has 0 spiro atoms. The van der Waals surface area contributed by atoms with E-state index in [2.05, 4.69) is 5.32 Å². The zero-order chi connectivity index (χ0) is 14.3. The molecule has 0 saturated carbocycles. The number of carbonyl (C=O) groups excluding carboxylic acids is 1. The van der Waals surface area contributed by atoms with Crippen molar-refractivity contribution in [2.45, 2.75) is 32.2 Å². The normalized spacial score (nSPS) is 13.7. The van der Waals surface area contributed by atoms with E-state index in [4.69, 9.17) is 10.5 Å². The number of amides is 1. The van der Waals surface area contributed by atoms with Crippen molar-refractivity contribution in [3.8, 4) is 5.75 Å². The lowest BCUT2D eigenvalue weighted by atomic mass is 9.97. The molecule has 1 unspecified atom stereocenters. The minimum Gasteiger partial charge on any atom is -0.492 e. The Bertz CT molecular complexity index is 422. The average Bonchev–Trinajstić information content (AvgIpc) is 2.34. The van der Waals surface area contributed by atoms with Gasteiger partial charge in [-0.25, -0.2) is 4.39 Å². The van der Waals surface area contributed by atoms with Gasteiger partial charge in [-0.1, -0.05) is 19.4 Å². The fourth-order valence-electron chi connectivity index (χ4n) is 1.73. The molecule has 5 heteroatoms. The first kappa shape index (κ1) is 15.4. The molecule has 4 nitrogen and oxygen atoms in total. The Balaban J connectivity index is 2.29. The molecule has 1 aromatic carbocycles. The van der Waals surface area contributed by atoms with Crippen molar-refractivity contribution < 1.29 is 13.9 Å². The average molecular weight is 268 g/mol. The number of benzene rings is 1. The van der Waals surface area contributed by atoms with Crippen LogP contribution < -0.4 is 15.8 Å². The molecule has 0 bridgehead atoms. The van der Waals surface area contributed by atoms with Crippen molar-refractivity contribution >= 4 is 5.91 Å². The topological polar surface area (TPSA) is 64.4 Å². The van der Waals surface area contributed by atoms with Gasteiger partial charge in [0.2, 0.25) is 5.91 Å². The Hall–Kier alpha value is -1.62. The van der Waals surface area contributed by atoms with E-state index in [0.29, 0.717) is 18.7 Å². The van der Waals surface area contributed by atoms with E-state index < -0.39 is 5.54 Å². The van der Waals surface area contributed by atoms with Gasteiger partial charge in [-0.3, -0.25) is 4.79 Å². The smallest absolute Gasteiger partial charge is 0.239 e. The number of nitrogens with two attached hydrogens (primary N) is 1. The van der Waals surface area contributed by atoms with Gasteiger partial charge in [-0.2, -0.15) is 0 Å². The predicted molar refractivity (Wildman–Crippen MR) is 72.4 cm³/mol. The monoisotopic (exact) mass is 268 g/mol. The Morgan fingerprint density at radius 3 is 2.89 bits per heavy atom. The number of rotatable bonds is 7. The van der Waals surface area contributed by atoms with Gasteiger partial charge in [0, 0.05) is 6.07 Å². The maximum Gasteiger partial charge on any atom is 0.239 e. The molecule has 0 aliphatic carbocycles. The molecule has 0 saturated heterocycles. The first-order valence-corrected chi connectivity index (χ1v) is 6.41. The lowest BCUT2D eigenvalue weighted by molar-refractivity contribution is -0.126. The first-order valence-electron chi connectivity index (χ1n) is 6.41. The maximum absolute atomic E-state index is 12.9. The Kier molecular flexibility index (Phi) is 5.76. The highest BCUT2D eigenvalue weighted by Gasteiger charge is 2.26. The Morgan fingerprint density at radius 2 is 2.26 bits per heavy atom. The molecule has 0 aliphatic rings. The molecule has 0 aliphatic heterocycles. The molecule has 1 amide bonds. The van der Waals surface area contributed by atoms with Crippen LogP contribution in [-0.2, 0) is 4.79 Å². The summed E-state index contributed by atoms with van der Waals surface area (Å²) in [7, 11) is 0. The fraction of sp³-hybridized carbons (Fsp3) is 0.500. The molecule has 19 heavy (non-hydrogen) atoms. The quantitative estimate of drug-likeness (QED) is 0.742. The van der Waals surface area contributed by atoms with Crippen LogP contribution in [0.4, 0.5) is 4.39 Å². The largest absolute Gasteiger partial charge is 0.492 e. The number of hydrogen-bond donors (Lipinski definition) is 2. The third-order valence-corrected chi connectivity index (χ3v) is 2.74. The second-order valence-electron chi connectivity index (χ2n) is 4.73. The molecule has 1 aromatic rings. The standard InChI is InChI=1S/C14H21FN2O2/c1-3-7-14(2,16)13(18)17-8-9-19-12-6-4-5-11(15)10-12/h4-6,10H,3,7-9,16H2,1-2H3,(H,17,18). The van der Waals surface area contributed by atoms with Gasteiger partial charge in [0.1, 0.15) is 18.2 Å². The van der Waals surface area contributed by atoms with Crippen LogP contribution in [0.1, 0.15) is 26.7 Å². The fourth-order valence-corrected chi connectivity index (χ4v) is 1.73. The van der Waals surface area contributed by atoms with Gasteiger partial charge in [0.25, 0.3) is 0 Å². The summed E-state index contributed by atoms with van der Waals surface area (Å²) in [5.74, 6) is -0.102. The summed E-state index contributed by atoms with van der Waals surface area (Å²) >= 11 is 0. The summed E-state index contributed by atoms with van der Waals surface area (Å²) in [4.78, 5) is 11.8. The van der Waals surface area contributed by atoms with E-state index in [1.165, 1.54) is 12.1 Å². The van der Waals surface area contributed by atoms with Crippen LogP contribution in [0.3, 0.4) is 0 Å². The molecule has 3 N–H and O–H groups in total. The van der Waals surface area contributed by atoms with Crippen LogP contribution in [0.15, 0.2) is 24.3 Å². The van der Waals surface area contributed by atoms with E-state index in [1.807, 2.05) is 6.92 Å². The molecule has 1 atom stereocenters. The first-order chi connectivity index (χ1) is 8.95. The minimum absolute atomic E-state index is 0.197. The SMILES string of the molecule is CCCC(C)(N)C(=O)NCCOc1cccc(F)c1. The highest BCUT2D eigenvalue weighted by molar-refractivity contribution is 5.85. The summed E-state index contributed by atoms with van der Waals surface area (Å²) in [6.45, 7) is 4.30. The van der Waals surface area contributed by atoms with Gasteiger partial charge < -0.3 is 15.8 Å². The molecule has 0 aromatic heterocycles. The minimum atomic E-state index is -0.854.